The zero-order valence-corrected chi connectivity index (χ0v) is 17.4. The van der Waals surface area contributed by atoms with Gasteiger partial charge >= 0.3 is 0 Å². The van der Waals surface area contributed by atoms with Gasteiger partial charge in [0.25, 0.3) is 0 Å². The average molecular weight is 379 g/mol. The van der Waals surface area contributed by atoms with Crippen molar-refractivity contribution in [3.63, 3.8) is 0 Å². The summed E-state index contributed by atoms with van der Waals surface area (Å²) in [6.07, 6.45) is 2.14. The van der Waals surface area contributed by atoms with E-state index in [0.717, 1.165) is 12.8 Å². The third-order valence-corrected chi connectivity index (χ3v) is 7.63. The maximum atomic E-state index is 2.31. The zero-order valence-electron chi connectivity index (χ0n) is 15.7. The molecule has 26 heavy (non-hydrogen) atoms. The highest BCUT2D eigenvalue weighted by atomic mass is 32.2. The molecule has 0 aliphatic carbocycles. The molecule has 0 N–H and O–H groups in total. The fourth-order valence-electron chi connectivity index (χ4n) is 2.91. The summed E-state index contributed by atoms with van der Waals surface area (Å²) >= 11 is 4.00. The maximum absolute atomic E-state index is 2.31. The maximum Gasteiger partial charge on any atom is 0.0742 e. The van der Waals surface area contributed by atoms with Crippen LogP contribution in [0.5, 0.6) is 0 Å². The van der Waals surface area contributed by atoms with Crippen molar-refractivity contribution < 1.29 is 0 Å². The molecule has 0 spiro atoms. The van der Waals surface area contributed by atoms with Gasteiger partial charge in [-0.05, 0) is 56.5 Å². The molecule has 3 aromatic rings. The molecule has 0 unspecified atom stereocenters. The lowest BCUT2D eigenvalue weighted by Crippen LogP contribution is -2.22. The normalized spacial score (nSPS) is 11.5. The predicted molar refractivity (Wildman–Crippen MR) is 117 cm³/mol. The average Bonchev–Trinajstić information content (AvgIpc) is 2.66. The molecule has 0 aliphatic rings. The van der Waals surface area contributed by atoms with Crippen molar-refractivity contribution in [3.05, 3.63) is 95.6 Å². The molecule has 0 aliphatic heterocycles. The van der Waals surface area contributed by atoms with Crippen molar-refractivity contribution in [2.45, 2.75) is 47.5 Å². The summed E-state index contributed by atoms with van der Waals surface area (Å²) in [4.78, 5) is 2.68. The van der Waals surface area contributed by atoms with Crippen molar-refractivity contribution >= 4 is 23.5 Å². The Morgan fingerprint density at radius 2 is 1.12 bits per heavy atom. The van der Waals surface area contributed by atoms with Gasteiger partial charge in [0.05, 0.1) is 4.08 Å². The van der Waals surface area contributed by atoms with E-state index in [9.17, 15) is 0 Å². The van der Waals surface area contributed by atoms with E-state index < -0.39 is 0 Å². The van der Waals surface area contributed by atoms with Gasteiger partial charge in [0, 0.05) is 9.79 Å². The molecular formula is C24H26S2. The van der Waals surface area contributed by atoms with E-state index >= 15 is 0 Å². The van der Waals surface area contributed by atoms with Crippen molar-refractivity contribution in [3.8, 4) is 0 Å². The fourth-order valence-corrected chi connectivity index (χ4v) is 5.83. The zero-order chi connectivity index (χ0) is 18.4. The Labute approximate surface area is 166 Å². The lowest BCUT2D eigenvalue weighted by atomic mass is 10.1. The number of benzene rings is 3. The molecular weight excluding hydrogens is 352 g/mol. The van der Waals surface area contributed by atoms with E-state index in [0.29, 0.717) is 0 Å². The van der Waals surface area contributed by atoms with Gasteiger partial charge in [0.2, 0.25) is 0 Å². The molecule has 0 nitrogen and oxygen atoms in total. The minimum absolute atomic E-state index is 0.0753. The molecule has 0 atom stereocenters. The lowest BCUT2D eigenvalue weighted by Gasteiger charge is -2.32. The van der Waals surface area contributed by atoms with E-state index in [-0.39, 0.29) is 4.08 Å². The predicted octanol–water partition coefficient (Wildman–Crippen LogP) is 7.54. The number of aryl methyl sites for hydroxylation is 2. The second kappa shape index (κ2) is 8.83. The van der Waals surface area contributed by atoms with E-state index in [1.54, 1.807) is 0 Å². The van der Waals surface area contributed by atoms with Gasteiger partial charge < -0.3 is 0 Å². The summed E-state index contributed by atoms with van der Waals surface area (Å²) in [6.45, 7) is 6.60. The van der Waals surface area contributed by atoms with Crippen LogP contribution in [0, 0.1) is 13.8 Å². The van der Waals surface area contributed by atoms with Crippen molar-refractivity contribution in [1.82, 2.24) is 0 Å². The molecule has 2 heteroatoms. The SMILES string of the molecule is CCC(Cc1ccccc1)(Sc1ccc(C)cc1)Sc1ccc(C)cc1. The molecule has 0 saturated heterocycles. The van der Waals surface area contributed by atoms with Crippen LogP contribution in [0.2, 0.25) is 0 Å². The number of rotatable bonds is 7. The lowest BCUT2D eigenvalue weighted by molar-refractivity contribution is 0.760. The van der Waals surface area contributed by atoms with E-state index in [4.69, 9.17) is 0 Å². The highest BCUT2D eigenvalue weighted by Crippen LogP contribution is 2.50. The van der Waals surface area contributed by atoms with Crippen LogP contribution in [0.3, 0.4) is 0 Å². The Bertz CT molecular complexity index is 758. The van der Waals surface area contributed by atoms with Crippen LogP contribution >= 0.6 is 23.5 Å². The second-order valence-corrected chi connectivity index (χ2v) is 9.93. The van der Waals surface area contributed by atoms with E-state index in [1.807, 2.05) is 23.5 Å². The first-order valence-corrected chi connectivity index (χ1v) is 10.8. The van der Waals surface area contributed by atoms with E-state index in [2.05, 4.69) is 99.6 Å². The monoisotopic (exact) mass is 378 g/mol. The molecule has 0 amide bonds. The van der Waals surface area contributed by atoms with Gasteiger partial charge in [-0.15, -0.1) is 23.5 Å². The van der Waals surface area contributed by atoms with Gasteiger partial charge in [-0.2, -0.15) is 0 Å². The first-order chi connectivity index (χ1) is 12.6. The topological polar surface area (TPSA) is 0 Å². The molecule has 0 bridgehead atoms. The number of hydrogen-bond donors (Lipinski definition) is 0. The Kier molecular flexibility index (Phi) is 6.50. The molecule has 0 saturated carbocycles. The van der Waals surface area contributed by atoms with Gasteiger partial charge in [-0.25, -0.2) is 0 Å². The van der Waals surface area contributed by atoms with Gasteiger partial charge in [0.15, 0.2) is 0 Å². The Hall–Kier alpha value is -1.64. The van der Waals surface area contributed by atoms with Gasteiger partial charge in [-0.3, -0.25) is 0 Å². The minimum Gasteiger partial charge on any atom is -0.108 e. The molecule has 134 valence electrons. The highest BCUT2D eigenvalue weighted by molar-refractivity contribution is 8.18. The molecule has 3 rings (SSSR count). The summed E-state index contributed by atoms with van der Waals surface area (Å²) in [5.74, 6) is 0. The summed E-state index contributed by atoms with van der Waals surface area (Å²) < 4.78 is 0.0753. The van der Waals surface area contributed by atoms with E-state index in [1.165, 1.54) is 26.5 Å². The van der Waals surface area contributed by atoms with Crippen molar-refractivity contribution in [2.75, 3.05) is 0 Å². The van der Waals surface area contributed by atoms with Crippen LogP contribution < -0.4 is 0 Å². The van der Waals surface area contributed by atoms with Gasteiger partial charge in [-0.1, -0.05) is 72.6 Å². The van der Waals surface area contributed by atoms with Crippen LogP contribution in [-0.2, 0) is 6.42 Å². The smallest absolute Gasteiger partial charge is 0.0742 e. The summed E-state index contributed by atoms with van der Waals surface area (Å²) in [7, 11) is 0. The largest absolute Gasteiger partial charge is 0.108 e. The van der Waals surface area contributed by atoms with Crippen molar-refractivity contribution in [1.29, 1.82) is 0 Å². The molecule has 0 radical (unpaired) electrons. The molecule has 0 fully saturated rings. The summed E-state index contributed by atoms with van der Waals surface area (Å²) in [5, 5.41) is 0. The van der Waals surface area contributed by atoms with Crippen LogP contribution in [-0.4, -0.2) is 4.08 Å². The molecule has 0 aromatic heterocycles. The highest BCUT2D eigenvalue weighted by Gasteiger charge is 2.31. The molecule has 0 heterocycles. The van der Waals surface area contributed by atoms with Crippen LogP contribution in [0.15, 0.2) is 88.7 Å². The summed E-state index contributed by atoms with van der Waals surface area (Å²) in [6, 6.07) is 28.7. The first-order valence-electron chi connectivity index (χ1n) is 9.14. The summed E-state index contributed by atoms with van der Waals surface area (Å²) in [5.41, 5.74) is 4.02. The standard InChI is InChI=1S/C24H26S2/c1-4-24(18-21-8-6-5-7-9-21,25-22-14-10-19(2)11-15-22)26-23-16-12-20(3)13-17-23/h5-17H,4,18H2,1-3H3. The Balaban J connectivity index is 1.91. The quantitative estimate of drug-likeness (QED) is 0.308. The van der Waals surface area contributed by atoms with Crippen LogP contribution in [0.1, 0.15) is 30.0 Å². The fraction of sp³-hybridized carbons (Fsp3) is 0.250. The number of hydrogen-bond acceptors (Lipinski definition) is 2. The third kappa shape index (κ3) is 5.18. The molecule has 3 aromatic carbocycles. The Morgan fingerprint density at radius 3 is 1.54 bits per heavy atom. The van der Waals surface area contributed by atoms with Crippen LogP contribution in [0.25, 0.3) is 0 Å². The minimum atomic E-state index is 0.0753. The van der Waals surface area contributed by atoms with Crippen molar-refractivity contribution in [2.24, 2.45) is 0 Å². The third-order valence-electron chi connectivity index (χ3n) is 4.50. The van der Waals surface area contributed by atoms with Crippen LogP contribution in [0.4, 0.5) is 0 Å². The second-order valence-electron chi connectivity index (χ2n) is 6.76. The number of thioether (sulfide) groups is 2. The first kappa shape index (κ1) is 19.1. The Morgan fingerprint density at radius 1 is 0.654 bits per heavy atom. The van der Waals surface area contributed by atoms with Gasteiger partial charge in [0.1, 0.15) is 0 Å².